The minimum Gasteiger partial charge on any atom is -0.443 e. The van der Waals surface area contributed by atoms with Crippen LogP contribution in [0.25, 0.3) is 16.8 Å². The van der Waals surface area contributed by atoms with E-state index in [-0.39, 0.29) is 5.78 Å². The Kier molecular flexibility index (Phi) is 3.49. The van der Waals surface area contributed by atoms with E-state index in [9.17, 15) is 4.79 Å². The van der Waals surface area contributed by atoms with E-state index in [1.54, 1.807) is 0 Å². The molecule has 96 valence electrons. The molecular formula is C14H9Cl2O2P. The number of benzene rings is 2. The summed E-state index contributed by atoms with van der Waals surface area (Å²) in [7, 11) is 0. The molecule has 0 bridgehead atoms. The van der Waals surface area contributed by atoms with Crippen LogP contribution in [-0.2, 0) is 0 Å². The van der Waals surface area contributed by atoms with Crippen molar-refractivity contribution >= 4 is 52.0 Å². The van der Waals surface area contributed by atoms with Gasteiger partial charge in [-0.05, 0) is 39.5 Å². The first kappa shape index (κ1) is 12.9. The van der Waals surface area contributed by atoms with Crippen molar-refractivity contribution in [1.29, 1.82) is 0 Å². The molecule has 0 N–H and O–H groups in total. The van der Waals surface area contributed by atoms with Crippen molar-refractivity contribution in [1.82, 2.24) is 0 Å². The molecule has 5 heteroatoms. The van der Waals surface area contributed by atoms with E-state index >= 15 is 0 Å². The Hall–Kier alpha value is -1.08. The summed E-state index contributed by atoms with van der Waals surface area (Å²) in [6, 6.07) is 9.70. The third kappa shape index (κ3) is 2.36. The van der Waals surface area contributed by atoms with E-state index < -0.39 is 6.85 Å². The molecule has 0 radical (unpaired) electrons. The van der Waals surface area contributed by atoms with Crippen LogP contribution in [0, 0.1) is 0 Å². The lowest BCUT2D eigenvalue weighted by molar-refractivity contribution is 0.0993. The molecule has 0 heterocycles. The molecule has 2 aromatic carbocycles. The number of ketones is 1. The normalized spacial score (nSPS) is 13.9. The van der Waals surface area contributed by atoms with Crippen LogP contribution in [0.5, 0.6) is 5.75 Å². The second-order valence-electron chi connectivity index (χ2n) is 4.21. The summed E-state index contributed by atoms with van der Waals surface area (Å²) in [5.74, 6) is 0.530. The Balaban J connectivity index is 2.36. The van der Waals surface area contributed by atoms with Crippen LogP contribution in [0.3, 0.4) is 0 Å². The molecule has 0 amide bonds. The van der Waals surface area contributed by atoms with Crippen molar-refractivity contribution < 1.29 is 9.32 Å². The molecule has 1 aliphatic rings. The van der Waals surface area contributed by atoms with Gasteiger partial charge in [-0.25, -0.2) is 0 Å². The predicted octanol–water partition coefficient (Wildman–Crippen LogP) is 5.52. The second kappa shape index (κ2) is 5.13. The summed E-state index contributed by atoms with van der Waals surface area (Å²) in [4.78, 5) is 12.1. The number of Topliss-reactive ketones (excluding diaryl/α,β-unsaturated/α-hetero) is 1. The largest absolute Gasteiger partial charge is 0.443 e. The number of halogens is 2. The van der Waals surface area contributed by atoms with Crippen LogP contribution < -0.4 is 4.52 Å². The lowest BCUT2D eigenvalue weighted by atomic mass is 9.92. The highest BCUT2D eigenvalue weighted by Gasteiger charge is 2.23. The average Bonchev–Trinajstić information content (AvgIpc) is 2.38. The molecule has 0 aliphatic heterocycles. The van der Waals surface area contributed by atoms with Gasteiger partial charge in [0.05, 0.1) is 5.56 Å². The molecule has 0 unspecified atom stereocenters. The van der Waals surface area contributed by atoms with Gasteiger partial charge in [0, 0.05) is 11.8 Å². The Bertz CT molecular complexity index is 695. The zero-order chi connectivity index (χ0) is 13.4. The monoisotopic (exact) mass is 310 g/mol. The maximum Gasteiger partial charge on any atom is 0.284 e. The Morgan fingerprint density at radius 1 is 1.21 bits per heavy atom. The zero-order valence-electron chi connectivity index (χ0n) is 9.77. The molecule has 1 aliphatic carbocycles. The lowest BCUT2D eigenvalue weighted by Gasteiger charge is -2.18. The average molecular weight is 311 g/mol. The number of carbonyl (C=O) groups is 1. The fourth-order valence-corrected chi connectivity index (χ4v) is 3.05. The number of rotatable bonds is 2. The number of carbonyl (C=O) groups excluding carboxylic acids is 1. The second-order valence-corrected chi connectivity index (χ2v) is 7.16. The van der Waals surface area contributed by atoms with Gasteiger partial charge in [-0.3, -0.25) is 4.79 Å². The maximum absolute atomic E-state index is 12.1. The molecule has 0 saturated carbocycles. The lowest BCUT2D eigenvalue weighted by Crippen LogP contribution is -2.06. The van der Waals surface area contributed by atoms with Crippen LogP contribution in [0.2, 0.25) is 0 Å². The van der Waals surface area contributed by atoms with Crippen LogP contribution in [0.4, 0.5) is 0 Å². The van der Waals surface area contributed by atoms with Gasteiger partial charge in [-0.2, -0.15) is 0 Å². The van der Waals surface area contributed by atoms with Crippen molar-refractivity contribution in [3.63, 3.8) is 0 Å². The molecule has 2 aromatic rings. The van der Waals surface area contributed by atoms with Gasteiger partial charge in [0.1, 0.15) is 5.75 Å². The summed E-state index contributed by atoms with van der Waals surface area (Å²) in [6.07, 6.45) is 4.17. The molecular weight excluding hydrogens is 302 g/mol. The molecule has 3 rings (SSSR count). The van der Waals surface area contributed by atoms with Crippen LogP contribution in [-0.4, -0.2) is 5.78 Å². The molecule has 0 aromatic heterocycles. The fraction of sp³-hybridized carbons (Fsp3) is 0.0714. The zero-order valence-corrected chi connectivity index (χ0v) is 12.2. The molecule has 0 spiro atoms. The quantitative estimate of drug-likeness (QED) is 0.682. The Morgan fingerprint density at radius 3 is 2.79 bits per heavy atom. The number of allylic oxidation sites excluding steroid dienone is 1. The molecule has 0 saturated heterocycles. The SMILES string of the molecule is O=C1CC=Cc2cc3ccccc3c(OP(Cl)Cl)c21. The molecule has 2 nitrogen and oxygen atoms in total. The first-order valence-electron chi connectivity index (χ1n) is 5.72. The summed E-state index contributed by atoms with van der Waals surface area (Å²) >= 11 is 11.6. The standard InChI is InChI=1S/C14H9Cl2O2P/c15-19(16)18-14-11-6-2-1-4-9(11)8-10-5-3-7-12(17)13(10)14/h1-6,8H,7H2. The third-order valence-corrected chi connectivity index (χ3v) is 3.81. The minimum atomic E-state index is -1.62. The van der Waals surface area contributed by atoms with Gasteiger partial charge in [0.25, 0.3) is 6.85 Å². The molecule has 0 fully saturated rings. The summed E-state index contributed by atoms with van der Waals surface area (Å²) in [5, 5.41) is 1.86. The first-order chi connectivity index (χ1) is 9.16. The summed E-state index contributed by atoms with van der Waals surface area (Å²) in [5.41, 5.74) is 1.44. The van der Waals surface area contributed by atoms with E-state index in [0.29, 0.717) is 17.7 Å². The number of hydrogen-bond acceptors (Lipinski definition) is 2. The fourth-order valence-electron chi connectivity index (χ4n) is 2.31. The highest BCUT2D eigenvalue weighted by molar-refractivity contribution is 8.00. The van der Waals surface area contributed by atoms with Crippen LogP contribution >= 0.6 is 29.3 Å². The molecule has 19 heavy (non-hydrogen) atoms. The molecule has 0 atom stereocenters. The van der Waals surface area contributed by atoms with Crippen molar-refractivity contribution in [2.45, 2.75) is 6.42 Å². The Labute approximate surface area is 121 Å². The van der Waals surface area contributed by atoms with Crippen molar-refractivity contribution in [3.8, 4) is 5.75 Å². The predicted molar refractivity (Wildman–Crippen MR) is 81.2 cm³/mol. The van der Waals surface area contributed by atoms with Crippen LogP contribution in [0.1, 0.15) is 22.3 Å². The van der Waals surface area contributed by atoms with E-state index in [1.807, 2.05) is 42.5 Å². The van der Waals surface area contributed by atoms with Gasteiger partial charge in [0.2, 0.25) is 0 Å². The van der Waals surface area contributed by atoms with Crippen LogP contribution in [0.15, 0.2) is 36.4 Å². The summed E-state index contributed by atoms with van der Waals surface area (Å²) in [6.45, 7) is -1.62. The summed E-state index contributed by atoms with van der Waals surface area (Å²) < 4.78 is 5.54. The Morgan fingerprint density at radius 2 is 2.00 bits per heavy atom. The van der Waals surface area contributed by atoms with E-state index in [1.165, 1.54) is 0 Å². The highest BCUT2D eigenvalue weighted by Crippen LogP contribution is 2.51. The first-order valence-corrected chi connectivity index (χ1v) is 8.79. The van der Waals surface area contributed by atoms with E-state index in [2.05, 4.69) is 0 Å². The smallest absolute Gasteiger partial charge is 0.284 e. The highest BCUT2D eigenvalue weighted by atomic mass is 35.9. The van der Waals surface area contributed by atoms with Gasteiger partial charge in [0.15, 0.2) is 5.78 Å². The van der Waals surface area contributed by atoms with E-state index in [4.69, 9.17) is 27.0 Å². The van der Waals surface area contributed by atoms with Crippen molar-refractivity contribution in [3.05, 3.63) is 47.5 Å². The van der Waals surface area contributed by atoms with Gasteiger partial charge in [-0.1, -0.05) is 36.4 Å². The van der Waals surface area contributed by atoms with Crippen molar-refractivity contribution in [2.75, 3.05) is 0 Å². The van der Waals surface area contributed by atoms with Crippen molar-refractivity contribution in [2.24, 2.45) is 0 Å². The minimum absolute atomic E-state index is 0.0310. The van der Waals surface area contributed by atoms with Gasteiger partial charge in [-0.15, -0.1) is 0 Å². The van der Waals surface area contributed by atoms with Gasteiger partial charge < -0.3 is 4.52 Å². The van der Waals surface area contributed by atoms with E-state index in [0.717, 1.165) is 16.3 Å². The topological polar surface area (TPSA) is 26.3 Å². The maximum atomic E-state index is 12.1. The van der Waals surface area contributed by atoms with Gasteiger partial charge >= 0.3 is 0 Å². The third-order valence-electron chi connectivity index (χ3n) is 3.07. The number of fused-ring (bicyclic) bond motifs is 2. The number of hydrogen-bond donors (Lipinski definition) is 0.